The Labute approximate surface area is 192 Å². The highest BCUT2D eigenvalue weighted by molar-refractivity contribution is 14.0. The molecule has 1 aliphatic rings. The molecule has 0 aromatic carbocycles. The van der Waals surface area contributed by atoms with Gasteiger partial charge < -0.3 is 15.5 Å². The van der Waals surface area contributed by atoms with Crippen molar-refractivity contribution in [1.82, 2.24) is 20.5 Å². The van der Waals surface area contributed by atoms with Gasteiger partial charge in [-0.25, -0.2) is 4.98 Å². The van der Waals surface area contributed by atoms with E-state index in [4.69, 9.17) is 11.6 Å². The van der Waals surface area contributed by atoms with Crippen molar-refractivity contribution < 1.29 is 13.2 Å². The Balaban J connectivity index is 0.00000420. The Kier molecular flexibility index (Phi) is 11.3. The first kappa shape index (κ1) is 26.0. The van der Waals surface area contributed by atoms with E-state index >= 15 is 0 Å². The monoisotopic (exact) mass is 548 g/mol. The molecule has 0 spiro atoms. The number of hydrogen-bond donors (Lipinski definition) is 2. The second-order valence-electron chi connectivity index (χ2n) is 6.85. The molecule has 2 rings (SSSR count). The van der Waals surface area contributed by atoms with E-state index in [1.54, 1.807) is 12.3 Å². The lowest BCUT2D eigenvalue weighted by Gasteiger charge is -2.20. The van der Waals surface area contributed by atoms with Crippen molar-refractivity contribution in [2.24, 2.45) is 4.99 Å². The van der Waals surface area contributed by atoms with Crippen molar-refractivity contribution in [1.29, 1.82) is 0 Å². The molecule has 29 heavy (non-hydrogen) atoms. The number of alkyl halides is 3. The minimum atomic E-state index is -4.17. The smallest absolute Gasteiger partial charge is 0.357 e. The maximum absolute atomic E-state index is 12.3. The average Bonchev–Trinajstić information content (AvgIpc) is 3.06. The summed E-state index contributed by atoms with van der Waals surface area (Å²) in [4.78, 5) is 12.2. The number of aromatic nitrogens is 1. The zero-order valence-corrected chi connectivity index (χ0v) is 19.8. The van der Waals surface area contributed by atoms with Crippen LogP contribution in [0.3, 0.4) is 0 Å². The number of hydrogen-bond acceptors (Lipinski definition) is 4. The third-order valence-electron chi connectivity index (χ3n) is 4.33. The topological polar surface area (TPSA) is 55.8 Å². The Bertz CT molecular complexity index is 646. The number of rotatable bonds is 8. The summed E-state index contributed by atoms with van der Waals surface area (Å²) in [6.07, 6.45) is -0.961. The van der Waals surface area contributed by atoms with Crippen LogP contribution in [-0.2, 0) is 0 Å². The molecule has 2 heterocycles. The summed E-state index contributed by atoms with van der Waals surface area (Å²) in [6.45, 7) is 4.19. The number of aliphatic imine (C=N–C) groups is 1. The third kappa shape index (κ3) is 9.56. The van der Waals surface area contributed by atoms with Crippen LogP contribution in [0.4, 0.5) is 19.0 Å². The fourth-order valence-corrected chi connectivity index (χ4v) is 3.35. The summed E-state index contributed by atoms with van der Waals surface area (Å²) in [5, 5.41) is 7.21. The Morgan fingerprint density at radius 2 is 2.21 bits per heavy atom. The van der Waals surface area contributed by atoms with Gasteiger partial charge in [-0.1, -0.05) is 11.6 Å². The molecule has 6 nitrogen and oxygen atoms in total. The molecule has 11 heteroatoms. The van der Waals surface area contributed by atoms with E-state index in [0.717, 1.165) is 25.3 Å². The van der Waals surface area contributed by atoms with E-state index in [1.165, 1.54) is 11.9 Å². The van der Waals surface area contributed by atoms with Crippen LogP contribution >= 0.6 is 35.6 Å². The highest BCUT2D eigenvalue weighted by Crippen LogP contribution is 2.25. The Morgan fingerprint density at radius 1 is 1.45 bits per heavy atom. The first-order valence-corrected chi connectivity index (χ1v) is 9.82. The first-order valence-electron chi connectivity index (χ1n) is 9.44. The van der Waals surface area contributed by atoms with E-state index in [2.05, 4.69) is 25.5 Å². The van der Waals surface area contributed by atoms with E-state index in [0.29, 0.717) is 37.0 Å². The third-order valence-corrected chi connectivity index (χ3v) is 4.62. The van der Waals surface area contributed by atoms with Crippen LogP contribution in [0.1, 0.15) is 19.8 Å². The molecule has 0 aliphatic carbocycles. The molecular weight excluding hydrogens is 520 g/mol. The molecule has 1 saturated heterocycles. The van der Waals surface area contributed by atoms with Gasteiger partial charge in [-0.15, -0.1) is 24.0 Å². The zero-order chi connectivity index (χ0) is 20.6. The number of guanidine groups is 1. The van der Waals surface area contributed by atoms with Crippen molar-refractivity contribution in [3.05, 3.63) is 23.4 Å². The molecule has 0 radical (unpaired) electrons. The van der Waals surface area contributed by atoms with Gasteiger partial charge in [-0.3, -0.25) is 9.89 Å². The molecule has 0 saturated carbocycles. The van der Waals surface area contributed by atoms with Gasteiger partial charge >= 0.3 is 6.18 Å². The Hall–Kier alpha value is -1.01. The van der Waals surface area contributed by atoms with Gasteiger partial charge in [-0.2, -0.15) is 13.2 Å². The number of anilines is 1. The molecule has 1 unspecified atom stereocenters. The Morgan fingerprint density at radius 3 is 2.86 bits per heavy atom. The maximum Gasteiger partial charge on any atom is 0.401 e. The van der Waals surface area contributed by atoms with Crippen LogP contribution in [0, 0.1) is 0 Å². The minimum Gasteiger partial charge on any atom is -0.357 e. The molecule has 1 fully saturated rings. The highest BCUT2D eigenvalue weighted by atomic mass is 127. The molecule has 1 aromatic rings. The lowest BCUT2D eigenvalue weighted by Crippen LogP contribution is -2.44. The van der Waals surface area contributed by atoms with Crippen LogP contribution in [0.5, 0.6) is 0 Å². The molecule has 0 bridgehead atoms. The van der Waals surface area contributed by atoms with Gasteiger partial charge in [0, 0.05) is 38.4 Å². The second-order valence-corrected chi connectivity index (χ2v) is 7.26. The quantitative estimate of drug-likeness (QED) is 0.226. The summed E-state index contributed by atoms with van der Waals surface area (Å²) < 4.78 is 37.0. The predicted octanol–water partition coefficient (Wildman–Crippen LogP) is 3.37. The highest BCUT2D eigenvalue weighted by Gasteiger charge is 2.29. The lowest BCUT2D eigenvalue weighted by atomic mass is 10.3. The summed E-state index contributed by atoms with van der Waals surface area (Å²) in [7, 11) is 1.47. The van der Waals surface area contributed by atoms with Crippen molar-refractivity contribution >= 4 is 47.4 Å². The summed E-state index contributed by atoms with van der Waals surface area (Å²) in [5.41, 5.74) is 0. The van der Waals surface area contributed by atoms with Crippen LogP contribution < -0.4 is 15.5 Å². The van der Waals surface area contributed by atoms with Crippen molar-refractivity contribution in [3.8, 4) is 0 Å². The van der Waals surface area contributed by atoms with Crippen LogP contribution in [0.15, 0.2) is 23.3 Å². The SMILES string of the molecule is CCNC(=NCCCN(C)CC(F)(F)F)NC1CCN(c2ncccc2Cl)C1.I. The molecule has 1 atom stereocenters. The number of pyridine rings is 1. The van der Waals surface area contributed by atoms with Gasteiger partial charge in [0.15, 0.2) is 5.96 Å². The minimum absolute atomic E-state index is 0. The van der Waals surface area contributed by atoms with E-state index in [-0.39, 0.29) is 30.0 Å². The molecule has 166 valence electrons. The second kappa shape index (κ2) is 12.6. The van der Waals surface area contributed by atoms with Gasteiger partial charge in [0.25, 0.3) is 0 Å². The van der Waals surface area contributed by atoms with Crippen molar-refractivity contribution in [3.63, 3.8) is 0 Å². The molecule has 2 N–H and O–H groups in total. The van der Waals surface area contributed by atoms with E-state index < -0.39 is 12.7 Å². The van der Waals surface area contributed by atoms with Gasteiger partial charge in [0.2, 0.25) is 0 Å². The van der Waals surface area contributed by atoms with Crippen molar-refractivity contribution in [2.45, 2.75) is 32.0 Å². The zero-order valence-electron chi connectivity index (χ0n) is 16.7. The average molecular weight is 549 g/mol. The normalized spacial score (nSPS) is 17.4. The van der Waals surface area contributed by atoms with Gasteiger partial charge in [0.05, 0.1) is 11.6 Å². The first-order chi connectivity index (χ1) is 13.3. The summed E-state index contributed by atoms with van der Waals surface area (Å²) in [6, 6.07) is 3.83. The van der Waals surface area contributed by atoms with Gasteiger partial charge in [-0.05, 0) is 45.5 Å². The molecule has 1 aromatic heterocycles. The van der Waals surface area contributed by atoms with Crippen LogP contribution in [-0.4, -0.2) is 74.4 Å². The summed E-state index contributed by atoms with van der Waals surface area (Å²) in [5.74, 6) is 1.46. The number of halogens is 5. The maximum atomic E-state index is 12.3. The van der Waals surface area contributed by atoms with E-state index in [9.17, 15) is 13.2 Å². The standard InChI is InChI=1S/C18H28ClF3N6.HI/c1-3-23-17(25-9-5-10-27(2)13-18(20,21)22)26-14-7-11-28(12-14)16-15(19)6-4-8-24-16;/h4,6,8,14H,3,5,7,9-13H2,1-2H3,(H2,23,25,26);1H. The summed E-state index contributed by atoms with van der Waals surface area (Å²) >= 11 is 6.22. The van der Waals surface area contributed by atoms with Gasteiger partial charge in [0.1, 0.15) is 5.82 Å². The number of nitrogens with zero attached hydrogens (tertiary/aromatic N) is 4. The largest absolute Gasteiger partial charge is 0.401 e. The van der Waals surface area contributed by atoms with Crippen molar-refractivity contribution in [2.75, 3.05) is 51.2 Å². The predicted molar refractivity (Wildman–Crippen MR) is 123 cm³/mol. The fourth-order valence-electron chi connectivity index (χ4n) is 3.11. The lowest BCUT2D eigenvalue weighted by molar-refractivity contribution is -0.143. The van der Waals surface area contributed by atoms with Crippen LogP contribution in [0.2, 0.25) is 5.02 Å². The molecular formula is C18H29ClF3IN6. The molecule has 1 aliphatic heterocycles. The molecule has 0 amide bonds. The number of nitrogens with one attached hydrogen (secondary N) is 2. The van der Waals surface area contributed by atoms with Crippen LogP contribution in [0.25, 0.3) is 0 Å². The van der Waals surface area contributed by atoms with E-state index in [1.807, 2.05) is 13.0 Å². The fraction of sp³-hybridized carbons (Fsp3) is 0.667.